The van der Waals surface area contributed by atoms with Gasteiger partial charge in [0.2, 0.25) is 0 Å². The minimum Gasteiger partial charge on any atom is -0.309 e. The van der Waals surface area contributed by atoms with E-state index in [-0.39, 0.29) is 0 Å². The Morgan fingerprint density at radius 2 is 0.614 bits per heavy atom. The van der Waals surface area contributed by atoms with Crippen LogP contribution in [0.2, 0.25) is 0 Å². The Labute approximate surface area is 331 Å². The molecule has 3 aromatic heterocycles. The van der Waals surface area contributed by atoms with Crippen molar-refractivity contribution in [2.75, 3.05) is 0 Å². The minimum absolute atomic E-state index is 1.12. The molecule has 0 aliphatic carbocycles. The first-order valence-corrected chi connectivity index (χ1v) is 19.7. The Morgan fingerprint density at radius 1 is 0.263 bits per heavy atom. The molecule has 3 nitrogen and oxygen atoms in total. The number of nitrogens with zero attached hydrogens (tertiary/aromatic N) is 3. The molecule has 57 heavy (non-hydrogen) atoms. The molecule has 3 heterocycles. The van der Waals surface area contributed by atoms with Crippen molar-refractivity contribution < 1.29 is 0 Å². The van der Waals surface area contributed by atoms with Gasteiger partial charge in [0.25, 0.3) is 0 Å². The van der Waals surface area contributed by atoms with Gasteiger partial charge in [0.05, 0.1) is 33.5 Å². The number of para-hydroxylation sites is 4. The molecular formula is C54H39N3. The molecule has 0 radical (unpaired) electrons. The number of rotatable bonds is 6. The Hall–Kier alpha value is -7.36. The Balaban J connectivity index is 1.13. The Bertz CT molecular complexity index is 2980. The van der Waals surface area contributed by atoms with E-state index in [1.165, 1.54) is 77.3 Å². The van der Waals surface area contributed by atoms with Gasteiger partial charge in [0.15, 0.2) is 0 Å². The molecule has 3 heteroatoms. The topological polar surface area (TPSA) is 14.8 Å². The molecule has 11 rings (SSSR count). The number of aryl methyl sites for hydroxylation is 2. The number of aromatic nitrogens is 3. The van der Waals surface area contributed by atoms with Crippen molar-refractivity contribution in [2.24, 2.45) is 0 Å². The fraction of sp³-hybridized carbons (Fsp3) is 0.0370. The van der Waals surface area contributed by atoms with E-state index in [1.54, 1.807) is 0 Å². The van der Waals surface area contributed by atoms with Crippen LogP contribution in [0.5, 0.6) is 0 Å². The largest absolute Gasteiger partial charge is 0.309 e. The van der Waals surface area contributed by atoms with Crippen LogP contribution in [0.4, 0.5) is 0 Å². The van der Waals surface area contributed by atoms with Crippen LogP contribution < -0.4 is 0 Å². The van der Waals surface area contributed by atoms with Gasteiger partial charge in [-0.2, -0.15) is 0 Å². The van der Waals surface area contributed by atoms with Crippen molar-refractivity contribution in [3.05, 3.63) is 211 Å². The van der Waals surface area contributed by atoms with Crippen LogP contribution in [0.25, 0.3) is 94.3 Å². The number of hydrogen-bond donors (Lipinski definition) is 0. The lowest BCUT2D eigenvalue weighted by atomic mass is 10.0. The molecule has 11 aromatic rings. The monoisotopic (exact) mass is 729 g/mol. The van der Waals surface area contributed by atoms with Crippen molar-refractivity contribution >= 4 is 43.6 Å². The van der Waals surface area contributed by atoms with E-state index in [0.717, 1.165) is 28.2 Å². The molecular weight excluding hydrogens is 691 g/mol. The first kappa shape index (κ1) is 33.0. The quantitative estimate of drug-likeness (QED) is 0.162. The third kappa shape index (κ3) is 5.43. The highest BCUT2D eigenvalue weighted by Crippen LogP contribution is 2.39. The lowest BCUT2D eigenvalue weighted by molar-refractivity contribution is 1.09. The zero-order valence-electron chi connectivity index (χ0n) is 31.9. The average Bonchev–Trinajstić information content (AvgIpc) is 3.95. The van der Waals surface area contributed by atoms with Crippen molar-refractivity contribution in [2.45, 2.75) is 13.8 Å². The molecule has 0 atom stereocenters. The highest BCUT2D eigenvalue weighted by atomic mass is 15.0. The second-order valence-corrected chi connectivity index (χ2v) is 15.2. The molecule has 0 N–H and O–H groups in total. The molecule has 0 amide bonds. The first-order valence-electron chi connectivity index (χ1n) is 19.7. The van der Waals surface area contributed by atoms with E-state index >= 15 is 0 Å². The van der Waals surface area contributed by atoms with Gasteiger partial charge in [-0.1, -0.05) is 145 Å². The number of hydrogen-bond acceptors (Lipinski definition) is 0. The van der Waals surface area contributed by atoms with Crippen LogP contribution in [0.15, 0.2) is 200 Å². The number of benzene rings is 8. The molecule has 0 unspecified atom stereocenters. The van der Waals surface area contributed by atoms with Crippen molar-refractivity contribution in [3.8, 4) is 50.7 Å². The summed E-state index contributed by atoms with van der Waals surface area (Å²) in [5.74, 6) is 0. The van der Waals surface area contributed by atoms with E-state index in [4.69, 9.17) is 0 Å². The van der Waals surface area contributed by atoms with Gasteiger partial charge in [0, 0.05) is 38.6 Å². The SMILES string of the molecule is Cc1ccc(-c2ccc(-c3ccc(C)cc3)n2-c2ccc(-c3cc(-n4c5ccccc5c5ccccc54)cc(-n4c5ccccc5c5ccccc54)c3)cc2)cc1. The maximum absolute atomic E-state index is 2.43. The van der Waals surface area contributed by atoms with E-state index in [0.29, 0.717) is 0 Å². The third-order valence-electron chi connectivity index (χ3n) is 11.6. The lowest BCUT2D eigenvalue weighted by Gasteiger charge is -2.17. The molecule has 0 saturated heterocycles. The van der Waals surface area contributed by atoms with Crippen molar-refractivity contribution in [1.82, 2.24) is 13.7 Å². The summed E-state index contributed by atoms with van der Waals surface area (Å²) in [5.41, 5.74) is 17.7. The lowest BCUT2D eigenvalue weighted by Crippen LogP contribution is -2.01. The summed E-state index contributed by atoms with van der Waals surface area (Å²) in [4.78, 5) is 0. The summed E-state index contributed by atoms with van der Waals surface area (Å²) in [7, 11) is 0. The molecule has 8 aromatic carbocycles. The Kier molecular flexibility index (Phi) is 7.61. The van der Waals surface area contributed by atoms with Crippen LogP contribution in [0, 0.1) is 13.8 Å². The van der Waals surface area contributed by atoms with E-state index in [2.05, 4.69) is 228 Å². The standard InChI is InChI=1S/C54H39N3/c1-36-19-23-39(24-20-36)49-31-32-50(40-25-21-37(2)22-26-40)55(49)42-29-27-38(28-30-42)41-33-43(56-51-15-7-3-11-45(51)46-12-4-8-16-52(46)56)35-44(34-41)57-53-17-9-5-13-47(53)48-14-6-10-18-54(48)57/h3-35H,1-2H3. The molecule has 0 spiro atoms. The van der Waals surface area contributed by atoms with Gasteiger partial charge in [-0.15, -0.1) is 0 Å². The molecule has 0 fully saturated rings. The normalized spacial score (nSPS) is 11.7. The fourth-order valence-electron chi connectivity index (χ4n) is 8.84. The maximum Gasteiger partial charge on any atom is 0.0541 e. The second-order valence-electron chi connectivity index (χ2n) is 15.2. The van der Waals surface area contributed by atoms with Gasteiger partial charge in [-0.25, -0.2) is 0 Å². The summed E-state index contributed by atoms with van der Waals surface area (Å²) in [6.07, 6.45) is 0. The van der Waals surface area contributed by atoms with Crippen LogP contribution >= 0.6 is 0 Å². The summed E-state index contributed by atoms with van der Waals surface area (Å²) < 4.78 is 7.26. The van der Waals surface area contributed by atoms with Crippen molar-refractivity contribution in [1.29, 1.82) is 0 Å². The zero-order valence-corrected chi connectivity index (χ0v) is 31.9. The summed E-state index contributed by atoms with van der Waals surface area (Å²) in [5, 5.41) is 5.01. The molecule has 0 aliphatic heterocycles. The average molecular weight is 730 g/mol. The van der Waals surface area contributed by atoms with Crippen LogP contribution in [-0.2, 0) is 0 Å². The fourth-order valence-corrected chi connectivity index (χ4v) is 8.84. The predicted octanol–water partition coefficient (Wildman–Crippen LogP) is 14.3. The van der Waals surface area contributed by atoms with Crippen LogP contribution in [0.3, 0.4) is 0 Å². The van der Waals surface area contributed by atoms with E-state index in [9.17, 15) is 0 Å². The minimum atomic E-state index is 1.12. The smallest absolute Gasteiger partial charge is 0.0541 e. The number of fused-ring (bicyclic) bond motifs is 6. The van der Waals surface area contributed by atoms with Crippen LogP contribution in [0.1, 0.15) is 11.1 Å². The molecule has 270 valence electrons. The molecule has 0 aliphatic rings. The summed E-state index contributed by atoms with van der Waals surface area (Å²) in [6, 6.07) is 73.4. The van der Waals surface area contributed by atoms with E-state index < -0.39 is 0 Å². The molecule has 0 saturated carbocycles. The highest BCUT2D eigenvalue weighted by molar-refractivity contribution is 6.10. The Morgan fingerprint density at radius 3 is 1.00 bits per heavy atom. The summed E-state index contributed by atoms with van der Waals surface area (Å²) >= 11 is 0. The third-order valence-corrected chi connectivity index (χ3v) is 11.6. The van der Waals surface area contributed by atoms with E-state index in [1.807, 2.05) is 0 Å². The highest BCUT2D eigenvalue weighted by Gasteiger charge is 2.18. The van der Waals surface area contributed by atoms with Gasteiger partial charge in [0.1, 0.15) is 0 Å². The second kappa shape index (κ2) is 13.1. The van der Waals surface area contributed by atoms with Gasteiger partial charge in [-0.3, -0.25) is 0 Å². The predicted molar refractivity (Wildman–Crippen MR) is 240 cm³/mol. The zero-order chi connectivity index (χ0) is 38.0. The maximum atomic E-state index is 2.43. The molecule has 0 bridgehead atoms. The van der Waals surface area contributed by atoms with Gasteiger partial charge in [-0.05, 0) is 103 Å². The summed E-state index contributed by atoms with van der Waals surface area (Å²) in [6.45, 7) is 4.28. The van der Waals surface area contributed by atoms with Gasteiger partial charge < -0.3 is 13.7 Å². The van der Waals surface area contributed by atoms with Crippen molar-refractivity contribution in [3.63, 3.8) is 0 Å². The van der Waals surface area contributed by atoms with Crippen LogP contribution in [-0.4, -0.2) is 13.7 Å². The van der Waals surface area contributed by atoms with Gasteiger partial charge >= 0.3 is 0 Å². The first-order chi connectivity index (χ1) is 28.1.